The van der Waals surface area contributed by atoms with Crippen molar-refractivity contribution >= 4 is 49.9 Å². The minimum absolute atomic E-state index is 0.0819. The number of benzene rings is 3. The Hall–Kier alpha value is -5.23. The lowest BCUT2D eigenvalue weighted by Gasteiger charge is -2.15. The SMILES string of the molecule is O=NN(c1ccc(N=Nc2ccc(S(=O)(=O)O)cc2)c([N+](=O)[O-])c1)c1ccc([N+](=O)[O-])cc1[N+](=O)[O-]. The average Bonchev–Trinajstić information content (AvgIpc) is 2.83. The van der Waals surface area contributed by atoms with Crippen LogP contribution in [0.5, 0.6) is 0 Å². The van der Waals surface area contributed by atoms with Crippen molar-refractivity contribution in [1.82, 2.24) is 0 Å². The molecule has 3 aromatic carbocycles. The molecule has 3 rings (SSSR count). The molecule has 0 fully saturated rings. The topological polar surface area (TPSA) is 241 Å². The van der Waals surface area contributed by atoms with Gasteiger partial charge in [-0.1, -0.05) is 0 Å². The molecule has 0 bridgehead atoms. The fourth-order valence-corrected chi connectivity index (χ4v) is 3.33. The first-order valence-electron chi connectivity index (χ1n) is 9.26. The second-order valence-corrected chi connectivity index (χ2v) is 8.10. The van der Waals surface area contributed by atoms with Crippen LogP contribution in [0, 0.1) is 35.3 Å². The van der Waals surface area contributed by atoms with Crippen LogP contribution in [0.3, 0.4) is 0 Å². The summed E-state index contributed by atoms with van der Waals surface area (Å²) in [7, 11) is -4.43. The van der Waals surface area contributed by atoms with Crippen LogP contribution < -0.4 is 5.01 Å². The maximum Gasteiger partial charge on any atom is 0.301 e. The molecule has 1 N–H and O–H groups in total. The molecule has 3 aromatic rings. The van der Waals surface area contributed by atoms with Gasteiger partial charge in [-0.25, -0.2) is 0 Å². The van der Waals surface area contributed by atoms with Crippen LogP contribution in [0.15, 0.2) is 81.1 Å². The van der Waals surface area contributed by atoms with Gasteiger partial charge in [-0.15, -0.1) is 10.0 Å². The van der Waals surface area contributed by atoms with E-state index in [9.17, 15) is 43.7 Å². The lowest BCUT2D eigenvalue weighted by atomic mass is 10.2. The summed E-state index contributed by atoms with van der Waals surface area (Å²) >= 11 is 0. The average molecular weight is 517 g/mol. The van der Waals surface area contributed by atoms with E-state index >= 15 is 0 Å². The standard InChI is InChI=1S/C18H11N7O10S/c26-21-22(16-8-4-13(23(27)28)10-18(16)25(31)32)12-3-7-15(17(9-12)24(29)30)20-19-11-1-5-14(6-2-11)36(33,34)35/h1-10H,(H,33,34,35). The third-order valence-electron chi connectivity index (χ3n) is 4.48. The highest BCUT2D eigenvalue weighted by atomic mass is 32.2. The molecule has 0 heterocycles. The van der Waals surface area contributed by atoms with Crippen molar-refractivity contribution in [2.75, 3.05) is 5.01 Å². The summed E-state index contributed by atoms with van der Waals surface area (Å²) < 4.78 is 31.2. The highest BCUT2D eigenvalue weighted by Crippen LogP contribution is 2.40. The van der Waals surface area contributed by atoms with E-state index in [4.69, 9.17) is 4.55 Å². The van der Waals surface area contributed by atoms with Gasteiger partial charge in [-0.2, -0.15) is 18.5 Å². The lowest BCUT2D eigenvalue weighted by Crippen LogP contribution is -2.10. The molecule has 0 aliphatic carbocycles. The molecule has 184 valence electrons. The maximum atomic E-state index is 11.6. The van der Waals surface area contributed by atoms with Crippen molar-refractivity contribution in [3.8, 4) is 0 Å². The molecule has 0 aromatic heterocycles. The van der Waals surface area contributed by atoms with E-state index in [1.54, 1.807) is 0 Å². The van der Waals surface area contributed by atoms with Gasteiger partial charge in [0.05, 0.1) is 42.4 Å². The Morgan fingerprint density at radius 2 is 1.42 bits per heavy atom. The molecule has 0 saturated carbocycles. The Labute approximate surface area is 199 Å². The second-order valence-electron chi connectivity index (χ2n) is 6.68. The van der Waals surface area contributed by atoms with Gasteiger partial charge in [-0.05, 0) is 42.5 Å². The highest BCUT2D eigenvalue weighted by Gasteiger charge is 2.27. The minimum Gasteiger partial charge on any atom is -0.282 e. The zero-order valence-corrected chi connectivity index (χ0v) is 18.3. The summed E-state index contributed by atoms with van der Waals surface area (Å²) in [5.74, 6) is 0. The molecule has 36 heavy (non-hydrogen) atoms. The number of nitrogens with zero attached hydrogens (tertiary/aromatic N) is 7. The van der Waals surface area contributed by atoms with Gasteiger partial charge in [0.1, 0.15) is 5.69 Å². The highest BCUT2D eigenvalue weighted by molar-refractivity contribution is 7.85. The Kier molecular flexibility index (Phi) is 7.02. The monoisotopic (exact) mass is 517 g/mol. The van der Waals surface area contributed by atoms with Crippen LogP contribution in [-0.4, -0.2) is 27.7 Å². The summed E-state index contributed by atoms with van der Waals surface area (Å²) in [6.07, 6.45) is 0. The number of azo groups is 1. The Morgan fingerprint density at radius 3 is 1.94 bits per heavy atom. The fourth-order valence-electron chi connectivity index (χ4n) is 2.85. The van der Waals surface area contributed by atoms with Crippen molar-refractivity contribution < 1.29 is 27.7 Å². The van der Waals surface area contributed by atoms with Crippen molar-refractivity contribution in [2.45, 2.75) is 4.90 Å². The first-order chi connectivity index (χ1) is 16.9. The molecule has 0 atom stereocenters. The quantitative estimate of drug-likeness (QED) is 0.131. The summed E-state index contributed by atoms with van der Waals surface area (Å²) in [4.78, 5) is 42.3. The number of nitroso groups, excluding NO2 is 1. The van der Waals surface area contributed by atoms with Gasteiger partial charge in [0.25, 0.3) is 21.5 Å². The van der Waals surface area contributed by atoms with Crippen LogP contribution in [0.25, 0.3) is 0 Å². The van der Waals surface area contributed by atoms with Crippen molar-refractivity contribution in [3.63, 3.8) is 0 Å². The van der Waals surface area contributed by atoms with E-state index < -0.39 is 52.5 Å². The van der Waals surface area contributed by atoms with Crippen LogP contribution in [-0.2, 0) is 10.1 Å². The molecular weight excluding hydrogens is 506 g/mol. The van der Waals surface area contributed by atoms with Gasteiger partial charge in [0.15, 0.2) is 5.69 Å². The Morgan fingerprint density at radius 1 is 0.778 bits per heavy atom. The summed E-state index contributed by atoms with van der Waals surface area (Å²) in [6.45, 7) is 0. The van der Waals surface area contributed by atoms with Crippen LogP contribution in [0.2, 0.25) is 0 Å². The zero-order chi connectivity index (χ0) is 26.6. The van der Waals surface area contributed by atoms with Crippen molar-refractivity contribution in [3.05, 3.63) is 95.9 Å². The smallest absolute Gasteiger partial charge is 0.282 e. The Balaban J connectivity index is 2.02. The van der Waals surface area contributed by atoms with Gasteiger partial charge in [-0.3, -0.25) is 34.9 Å². The first-order valence-corrected chi connectivity index (χ1v) is 10.7. The zero-order valence-electron chi connectivity index (χ0n) is 17.4. The van der Waals surface area contributed by atoms with E-state index in [2.05, 4.69) is 15.5 Å². The Bertz CT molecular complexity index is 1520. The van der Waals surface area contributed by atoms with Crippen LogP contribution >= 0.6 is 0 Å². The van der Waals surface area contributed by atoms with E-state index in [1.165, 1.54) is 12.1 Å². The molecule has 0 radical (unpaired) electrons. The number of hydrogen-bond acceptors (Lipinski definition) is 12. The molecule has 18 heteroatoms. The number of nitro groups is 3. The van der Waals surface area contributed by atoms with Gasteiger partial charge in [0, 0.05) is 12.1 Å². The van der Waals surface area contributed by atoms with Gasteiger partial charge < -0.3 is 0 Å². The largest absolute Gasteiger partial charge is 0.301 e. The fraction of sp³-hybridized carbons (Fsp3) is 0. The third kappa shape index (κ3) is 5.46. The molecule has 0 unspecified atom stereocenters. The third-order valence-corrected chi connectivity index (χ3v) is 5.35. The van der Waals surface area contributed by atoms with E-state index in [1.807, 2.05) is 0 Å². The van der Waals surface area contributed by atoms with Gasteiger partial charge >= 0.3 is 5.69 Å². The molecule has 0 spiro atoms. The number of non-ortho nitro benzene ring substituents is 1. The normalized spacial score (nSPS) is 11.2. The van der Waals surface area contributed by atoms with Crippen molar-refractivity contribution in [1.29, 1.82) is 0 Å². The molecule has 17 nitrogen and oxygen atoms in total. The van der Waals surface area contributed by atoms with Crippen LogP contribution in [0.1, 0.15) is 0 Å². The summed E-state index contributed by atoms with van der Waals surface area (Å²) in [5, 5.41) is 44.5. The van der Waals surface area contributed by atoms with E-state index in [0.717, 1.165) is 42.5 Å². The first kappa shape index (κ1) is 25.4. The molecule has 0 aliphatic heterocycles. The van der Waals surface area contributed by atoms with Crippen LogP contribution in [0.4, 0.5) is 39.8 Å². The maximum absolute atomic E-state index is 11.6. The minimum atomic E-state index is -4.43. The summed E-state index contributed by atoms with van der Waals surface area (Å²) in [5.41, 5.74) is -3.13. The number of hydrogen-bond donors (Lipinski definition) is 1. The summed E-state index contributed by atoms with van der Waals surface area (Å²) in [6, 6.07) is 9.85. The van der Waals surface area contributed by atoms with E-state index in [0.29, 0.717) is 11.1 Å². The molecular formula is C18H11N7O10S. The van der Waals surface area contributed by atoms with Gasteiger partial charge in [0.2, 0.25) is 0 Å². The molecule has 0 amide bonds. The number of nitro benzene ring substituents is 3. The predicted molar refractivity (Wildman–Crippen MR) is 121 cm³/mol. The molecule has 0 aliphatic rings. The predicted octanol–water partition coefficient (Wildman–Crippen LogP) is 4.89. The molecule has 0 saturated heterocycles. The number of anilines is 2. The number of rotatable bonds is 9. The lowest BCUT2D eigenvalue weighted by molar-refractivity contribution is -0.393. The second kappa shape index (κ2) is 9.95. The van der Waals surface area contributed by atoms with E-state index in [-0.39, 0.29) is 17.1 Å². The van der Waals surface area contributed by atoms with Crippen molar-refractivity contribution in [2.24, 2.45) is 15.5 Å².